The van der Waals surface area contributed by atoms with Gasteiger partial charge in [0.1, 0.15) is 6.04 Å². The molecule has 3 nitrogen and oxygen atoms in total. The largest absolute Gasteiger partial charge is 0.480 e. The summed E-state index contributed by atoms with van der Waals surface area (Å²) in [6, 6.07) is 0.166. The Bertz CT molecular complexity index is 281. The van der Waals surface area contributed by atoms with E-state index in [1.165, 1.54) is 12.8 Å². The Kier molecular flexibility index (Phi) is 9.93. The van der Waals surface area contributed by atoms with Crippen LogP contribution in [0.15, 0.2) is 0 Å². The predicted octanol–water partition coefficient (Wildman–Crippen LogP) is 4.95. The highest BCUT2D eigenvalue weighted by atomic mass is 16.4. The maximum atomic E-state index is 11.6. The second kappa shape index (κ2) is 10.2. The molecule has 1 unspecified atom stereocenters. The van der Waals surface area contributed by atoms with Crippen molar-refractivity contribution in [2.45, 2.75) is 98.6 Å². The molecule has 1 fully saturated rings. The Labute approximate surface area is 132 Å². The fourth-order valence-corrected chi connectivity index (χ4v) is 4.01. The standard InChI is InChI=1S/C16H31NO2.C2H6/c1-5-9-16(10-6-2)11-14(15(18)19)17(12-16)13(7-3)8-4;1-2/h13-14H,5-12H2,1-4H3,(H,18,19);1-2H3. The van der Waals surface area contributed by atoms with E-state index >= 15 is 0 Å². The molecule has 1 aliphatic heterocycles. The molecular weight excluding hydrogens is 262 g/mol. The summed E-state index contributed by atoms with van der Waals surface area (Å²) in [4.78, 5) is 13.9. The third-order valence-corrected chi connectivity index (χ3v) is 4.80. The van der Waals surface area contributed by atoms with Crippen molar-refractivity contribution in [3.63, 3.8) is 0 Å². The van der Waals surface area contributed by atoms with Crippen LogP contribution < -0.4 is 0 Å². The minimum atomic E-state index is -0.624. The Morgan fingerprint density at radius 2 is 1.62 bits per heavy atom. The molecule has 1 N–H and O–H groups in total. The van der Waals surface area contributed by atoms with Crippen molar-refractivity contribution in [2.75, 3.05) is 6.54 Å². The molecule has 126 valence electrons. The van der Waals surface area contributed by atoms with Crippen molar-refractivity contribution in [3.8, 4) is 0 Å². The van der Waals surface area contributed by atoms with Gasteiger partial charge in [-0.15, -0.1) is 0 Å². The number of carbonyl (C=O) groups is 1. The van der Waals surface area contributed by atoms with Crippen LogP contribution in [-0.4, -0.2) is 34.6 Å². The minimum Gasteiger partial charge on any atom is -0.480 e. The SMILES string of the molecule is CC.CCCC1(CCC)CC(C(=O)O)N(C(CC)CC)C1. The third kappa shape index (κ3) is 5.28. The van der Waals surface area contributed by atoms with Crippen molar-refractivity contribution in [1.82, 2.24) is 4.90 Å². The molecule has 0 radical (unpaired) electrons. The first kappa shape index (κ1) is 20.4. The first-order valence-electron chi connectivity index (χ1n) is 9.02. The van der Waals surface area contributed by atoms with Crippen molar-refractivity contribution in [2.24, 2.45) is 5.41 Å². The average Bonchev–Trinajstić information content (AvgIpc) is 2.83. The molecule has 0 saturated carbocycles. The summed E-state index contributed by atoms with van der Waals surface area (Å²) in [6.07, 6.45) is 7.60. The van der Waals surface area contributed by atoms with Gasteiger partial charge in [0.25, 0.3) is 0 Å². The average molecular weight is 299 g/mol. The Morgan fingerprint density at radius 1 is 1.14 bits per heavy atom. The zero-order valence-corrected chi connectivity index (χ0v) is 15.1. The molecule has 0 aromatic rings. The molecule has 0 spiro atoms. The Balaban J connectivity index is 0.00000191. The number of carboxylic acid groups (broad SMARTS) is 1. The maximum Gasteiger partial charge on any atom is 0.320 e. The van der Waals surface area contributed by atoms with Crippen molar-refractivity contribution in [1.29, 1.82) is 0 Å². The number of aliphatic carboxylic acids is 1. The maximum absolute atomic E-state index is 11.6. The van der Waals surface area contributed by atoms with Crippen molar-refractivity contribution >= 4 is 5.97 Å². The highest BCUT2D eigenvalue weighted by molar-refractivity contribution is 5.74. The van der Waals surface area contributed by atoms with Crippen LogP contribution in [0.4, 0.5) is 0 Å². The molecule has 1 rings (SSSR count). The fourth-order valence-electron chi connectivity index (χ4n) is 4.01. The second-order valence-corrected chi connectivity index (χ2v) is 6.20. The highest BCUT2D eigenvalue weighted by Crippen LogP contribution is 2.44. The molecular formula is C18H37NO2. The quantitative estimate of drug-likeness (QED) is 0.689. The lowest BCUT2D eigenvalue weighted by Crippen LogP contribution is -2.43. The second-order valence-electron chi connectivity index (χ2n) is 6.20. The Hall–Kier alpha value is -0.570. The lowest BCUT2D eigenvalue weighted by Gasteiger charge is -2.32. The summed E-state index contributed by atoms with van der Waals surface area (Å²) in [7, 11) is 0. The molecule has 0 aromatic carbocycles. The third-order valence-electron chi connectivity index (χ3n) is 4.80. The molecule has 1 aliphatic rings. The normalized spacial score (nSPS) is 21.2. The zero-order valence-electron chi connectivity index (χ0n) is 15.1. The van der Waals surface area contributed by atoms with Gasteiger partial charge in [0.05, 0.1) is 0 Å². The van der Waals surface area contributed by atoms with E-state index in [9.17, 15) is 9.90 Å². The lowest BCUT2D eigenvalue weighted by atomic mass is 9.77. The van der Waals surface area contributed by atoms with Crippen LogP contribution in [0, 0.1) is 5.41 Å². The zero-order chi connectivity index (χ0) is 16.5. The number of carboxylic acids is 1. The van der Waals surface area contributed by atoms with Crippen LogP contribution >= 0.6 is 0 Å². The summed E-state index contributed by atoms with van der Waals surface area (Å²) in [5.41, 5.74) is 0.245. The summed E-state index contributed by atoms with van der Waals surface area (Å²) in [5.74, 6) is -0.624. The van der Waals surface area contributed by atoms with E-state index < -0.39 is 5.97 Å². The van der Waals surface area contributed by atoms with E-state index in [-0.39, 0.29) is 11.5 Å². The number of likely N-dealkylation sites (tertiary alicyclic amines) is 1. The summed E-state index contributed by atoms with van der Waals surface area (Å²) >= 11 is 0. The van der Waals surface area contributed by atoms with Gasteiger partial charge in [0, 0.05) is 12.6 Å². The van der Waals surface area contributed by atoms with E-state index in [4.69, 9.17) is 0 Å². The van der Waals surface area contributed by atoms with E-state index in [2.05, 4.69) is 32.6 Å². The van der Waals surface area contributed by atoms with Crippen LogP contribution in [-0.2, 0) is 4.79 Å². The molecule has 3 heteroatoms. The van der Waals surface area contributed by atoms with Gasteiger partial charge < -0.3 is 5.11 Å². The van der Waals surface area contributed by atoms with Gasteiger partial charge in [0.15, 0.2) is 0 Å². The van der Waals surface area contributed by atoms with Gasteiger partial charge >= 0.3 is 5.97 Å². The van der Waals surface area contributed by atoms with Crippen LogP contribution in [0.25, 0.3) is 0 Å². The number of rotatable bonds is 8. The van der Waals surface area contributed by atoms with Gasteiger partial charge in [-0.3, -0.25) is 9.69 Å². The summed E-state index contributed by atoms with van der Waals surface area (Å²) in [5, 5.41) is 9.55. The van der Waals surface area contributed by atoms with Gasteiger partial charge in [-0.05, 0) is 37.5 Å². The summed E-state index contributed by atoms with van der Waals surface area (Å²) < 4.78 is 0. The molecule has 0 bridgehead atoms. The Morgan fingerprint density at radius 3 is 1.95 bits per heavy atom. The molecule has 21 heavy (non-hydrogen) atoms. The van der Waals surface area contributed by atoms with Gasteiger partial charge in [0.2, 0.25) is 0 Å². The van der Waals surface area contributed by atoms with Crippen molar-refractivity contribution < 1.29 is 9.90 Å². The monoisotopic (exact) mass is 299 g/mol. The smallest absolute Gasteiger partial charge is 0.320 e. The van der Waals surface area contributed by atoms with Crippen LogP contribution in [0.1, 0.15) is 86.5 Å². The van der Waals surface area contributed by atoms with E-state index in [1.54, 1.807) is 0 Å². The first-order chi connectivity index (χ1) is 10.0. The molecule has 0 aliphatic carbocycles. The molecule has 0 amide bonds. The number of hydrogen-bond acceptors (Lipinski definition) is 2. The highest BCUT2D eigenvalue weighted by Gasteiger charge is 2.47. The van der Waals surface area contributed by atoms with E-state index in [1.807, 2.05) is 13.8 Å². The van der Waals surface area contributed by atoms with Gasteiger partial charge in [-0.25, -0.2) is 0 Å². The van der Waals surface area contributed by atoms with Crippen molar-refractivity contribution in [3.05, 3.63) is 0 Å². The molecule has 1 atom stereocenters. The van der Waals surface area contributed by atoms with Crippen LogP contribution in [0.5, 0.6) is 0 Å². The minimum absolute atomic E-state index is 0.245. The van der Waals surface area contributed by atoms with E-state index in [0.29, 0.717) is 6.04 Å². The van der Waals surface area contributed by atoms with Crippen LogP contribution in [0.2, 0.25) is 0 Å². The topological polar surface area (TPSA) is 40.5 Å². The molecule has 1 heterocycles. The number of hydrogen-bond donors (Lipinski definition) is 1. The first-order valence-corrected chi connectivity index (χ1v) is 9.02. The van der Waals surface area contributed by atoms with Crippen LogP contribution in [0.3, 0.4) is 0 Å². The molecule has 1 saturated heterocycles. The summed E-state index contributed by atoms with van der Waals surface area (Å²) in [6.45, 7) is 13.8. The lowest BCUT2D eigenvalue weighted by molar-refractivity contribution is -0.143. The fraction of sp³-hybridized carbons (Fsp3) is 0.944. The van der Waals surface area contributed by atoms with E-state index in [0.717, 1.165) is 38.6 Å². The molecule has 0 aromatic heterocycles. The number of nitrogens with zero attached hydrogens (tertiary/aromatic N) is 1. The predicted molar refractivity (Wildman–Crippen MR) is 90.7 cm³/mol. The van der Waals surface area contributed by atoms with Gasteiger partial charge in [-0.1, -0.05) is 54.4 Å². The van der Waals surface area contributed by atoms with Gasteiger partial charge in [-0.2, -0.15) is 0 Å².